The van der Waals surface area contributed by atoms with E-state index in [1.54, 1.807) is 9.58 Å². The highest BCUT2D eigenvalue weighted by Gasteiger charge is 2.31. The maximum absolute atomic E-state index is 12.7. The van der Waals surface area contributed by atoms with Gasteiger partial charge in [0.25, 0.3) is 0 Å². The van der Waals surface area contributed by atoms with Gasteiger partial charge in [-0.1, -0.05) is 6.58 Å². The highest BCUT2D eigenvalue weighted by molar-refractivity contribution is 5.86. The number of alkyl halides is 3. The maximum Gasteiger partial charge on any atom is 0.416 e. The lowest BCUT2D eigenvalue weighted by Gasteiger charge is -2.33. The lowest BCUT2D eigenvalue weighted by atomic mass is 10.1. The number of amides is 1. The smallest absolute Gasteiger partial charge is 0.352 e. The van der Waals surface area contributed by atoms with E-state index in [1.807, 2.05) is 0 Å². The molecular weight excluding hydrogens is 335 g/mol. The number of carbonyl (C=O) groups excluding carboxylic acids is 1. The molecule has 0 spiro atoms. The summed E-state index contributed by atoms with van der Waals surface area (Å²) in [7, 11) is 0. The third-order valence-corrected chi connectivity index (χ3v) is 3.97. The molecule has 0 radical (unpaired) electrons. The van der Waals surface area contributed by atoms with Gasteiger partial charge in [0, 0.05) is 24.7 Å². The number of rotatable bonds is 4. The zero-order chi connectivity index (χ0) is 18.0. The molecule has 9 heteroatoms. The van der Waals surface area contributed by atoms with Crippen LogP contribution in [0.25, 0.3) is 0 Å². The molecule has 6 nitrogen and oxygen atoms in total. The largest absolute Gasteiger partial charge is 0.416 e. The standard InChI is InChI=1S/C16H16F3N5O/c1-2-14(25)20-7-11-8-23(15-21-10-22-24(15)9-11)13-5-3-12(4-6-13)16(17,18)19/h2-6,10-11H,1,7-9H2,(H,20,25)/t11-/m0/s1. The number of carbonyl (C=O) groups is 1. The van der Waals surface area contributed by atoms with E-state index in [0.717, 1.165) is 12.1 Å². The third kappa shape index (κ3) is 3.65. The summed E-state index contributed by atoms with van der Waals surface area (Å²) in [5.74, 6) is 0.317. The summed E-state index contributed by atoms with van der Waals surface area (Å²) in [6, 6.07) is 4.90. The third-order valence-electron chi connectivity index (χ3n) is 3.97. The first kappa shape index (κ1) is 17.0. The van der Waals surface area contributed by atoms with E-state index < -0.39 is 11.7 Å². The lowest BCUT2D eigenvalue weighted by molar-refractivity contribution is -0.137. The average molecular weight is 351 g/mol. The van der Waals surface area contributed by atoms with Gasteiger partial charge < -0.3 is 10.2 Å². The Bertz CT molecular complexity index is 769. The Kier molecular flexibility index (Phi) is 4.47. The van der Waals surface area contributed by atoms with Crippen LogP contribution < -0.4 is 10.2 Å². The van der Waals surface area contributed by atoms with Crippen molar-refractivity contribution in [1.82, 2.24) is 20.1 Å². The molecule has 1 aliphatic heterocycles. The minimum Gasteiger partial charge on any atom is -0.352 e. The van der Waals surface area contributed by atoms with Gasteiger partial charge in [-0.25, -0.2) is 4.68 Å². The highest BCUT2D eigenvalue weighted by atomic mass is 19.4. The Morgan fingerprint density at radius 2 is 2.04 bits per heavy atom. The fraction of sp³-hybridized carbons (Fsp3) is 0.312. The molecule has 0 saturated carbocycles. The Hall–Kier alpha value is -2.84. The number of nitrogens with one attached hydrogen (secondary N) is 1. The molecule has 2 aromatic rings. The molecule has 2 heterocycles. The topological polar surface area (TPSA) is 63.1 Å². The quantitative estimate of drug-likeness (QED) is 0.859. The molecule has 3 rings (SSSR count). The van der Waals surface area contributed by atoms with E-state index in [4.69, 9.17) is 0 Å². The Morgan fingerprint density at radius 3 is 2.68 bits per heavy atom. The van der Waals surface area contributed by atoms with Gasteiger partial charge in [0.2, 0.25) is 11.9 Å². The van der Waals surface area contributed by atoms with Gasteiger partial charge in [0.05, 0.1) is 12.1 Å². The van der Waals surface area contributed by atoms with Gasteiger partial charge in [-0.05, 0) is 30.3 Å². The molecule has 1 atom stereocenters. The van der Waals surface area contributed by atoms with E-state index in [0.29, 0.717) is 31.3 Å². The monoisotopic (exact) mass is 351 g/mol. The van der Waals surface area contributed by atoms with E-state index >= 15 is 0 Å². The van der Waals surface area contributed by atoms with Crippen LogP contribution in [0.15, 0.2) is 43.2 Å². The van der Waals surface area contributed by atoms with Crippen LogP contribution in [0.2, 0.25) is 0 Å². The van der Waals surface area contributed by atoms with Crippen LogP contribution in [0, 0.1) is 5.92 Å². The van der Waals surface area contributed by atoms with Crippen molar-refractivity contribution in [2.24, 2.45) is 5.92 Å². The molecule has 1 N–H and O–H groups in total. The predicted octanol–water partition coefficient (Wildman–Crippen LogP) is 2.37. The van der Waals surface area contributed by atoms with Crippen molar-refractivity contribution < 1.29 is 18.0 Å². The zero-order valence-electron chi connectivity index (χ0n) is 13.2. The molecule has 25 heavy (non-hydrogen) atoms. The van der Waals surface area contributed by atoms with Gasteiger partial charge in [0.1, 0.15) is 6.33 Å². The van der Waals surface area contributed by atoms with Crippen molar-refractivity contribution in [2.75, 3.05) is 18.0 Å². The van der Waals surface area contributed by atoms with Crippen molar-refractivity contribution in [3.63, 3.8) is 0 Å². The first-order valence-corrected chi connectivity index (χ1v) is 7.61. The maximum atomic E-state index is 12.7. The molecule has 1 amide bonds. The van der Waals surface area contributed by atoms with Crippen molar-refractivity contribution in [3.05, 3.63) is 48.8 Å². The summed E-state index contributed by atoms with van der Waals surface area (Å²) in [5, 5.41) is 6.87. The van der Waals surface area contributed by atoms with Crippen LogP contribution in [0.5, 0.6) is 0 Å². The number of fused-ring (bicyclic) bond motifs is 1. The molecule has 0 saturated heterocycles. The van der Waals surface area contributed by atoms with Gasteiger partial charge in [-0.15, -0.1) is 0 Å². The Labute approximate surface area is 142 Å². The fourth-order valence-electron chi connectivity index (χ4n) is 2.74. The van der Waals surface area contributed by atoms with E-state index in [9.17, 15) is 18.0 Å². The first-order chi connectivity index (χ1) is 11.9. The van der Waals surface area contributed by atoms with E-state index in [1.165, 1.54) is 24.5 Å². The minimum absolute atomic E-state index is 0.0281. The highest BCUT2D eigenvalue weighted by Crippen LogP contribution is 2.33. The summed E-state index contributed by atoms with van der Waals surface area (Å²) < 4.78 is 39.9. The normalized spacial score (nSPS) is 17.1. The molecule has 0 bridgehead atoms. The summed E-state index contributed by atoms with van der Waals surface area (Å²) in [6.45, 7) is 4.87. The second kappa shape index (κ2) is 6.58. The second-order valence-electron chi connectivity index (χ2n) is 5.71. The van der Waals surface area contributed by atoms with E-state index in [2.05, 4.69) is 22.0 Å². The summed E-state index contributed by atoms with van der Waals surface area (Å²) in [5.41, 5.74) is -0.119. The van der Waals surface area contributed by atoms with Crippen molar-refractivity contribution in [2.45, 2.75) is 12.7 Å². The molecule has 132 valence electrons. The number of hydrogen-bond donors (Lipinski definition) is 1. The van der Waals surface area contributed by atoms with Crippen molar-refractivity contribution in [3.8, 4) is 0 Å². The van der Waals surface area contributed by atoms with Crippen LogP contribution in [0.3, 0.4) is 0 Å². The minimum atomic E-state index is -4.38. The Balaban J connectivity index is 1.82. The Morgan fingerprint density at radius 1 is 1.32 bits per heavy atom. The van der Waals surface area contributed by atoms with Crippen LogP contribution in [-0.4, -0.2) is 33.8 Å². The van der Waals surface area contributed by atoms with Crippen LogP contribution in [0.4, 0.5) is 24.8 Å². The molecule has 1 aromatic heterocycles. The van der Waals surface area contributed by atoms with Gasteiger partial charge in [-0.2, -0.15) is 23.3 Å². The number of anilines is 2. The average Bonchev–Trinajstić information content (AvgIpc) is 3.06. The predicted molar refractivity (Wildman–Crippen MR) is 85.2 cm³/mol. The number of nitrogens with zero attached hydrogens (tertiary/aromatic N) is 4. The molecule has 0 aliphatic carbocycles. The number of benzene rings is 1. The van der Waals surface area contributed by atoms with E-state index in [-0.39, 0.29) is 11.8 Å². The molecule has 0 unspecified atom stereocenters. The number of aromatic nitrogens is 3. The fourth-order valence-corrected chi connectivity index (χ4v) is 2.74. The van der Waals surface area contributed by atoms with Crippen molar-refractivity contribution in [1.29, 1.82) is 0 Å². The van der Waals surface area contributed by atoms with Gasteiger partial charge in [0.15, 0.2) is 0 Å². The summed E-state index contributed by atoms with van der Waals surface area (Å²) in [4.78, 5) is 17.3. The van der Waals surface area contributed by atoms with Gasteiger partial charge in [-0.3, -0.25) is 4.79 Å². The summed E-state index contributed by atoms with van der Waals surface area (Å²) in [6.07, 6.45) is -1.79. The molecular formula is C16H16F3N5O. The first-order valence-electron chi connectivity index (χ1n) is 7.61. The SMILES string of the molecule is C=CC(=O)NC[C@H]1CN(c2ccc(C(F)(F)F)cc2)c2ncnn2C1. The molecule has 1 aromatic carbocycles. The van der Waals surface area contributed by atoms with Gasteiger partial charge >= 0.3 is 6.18 Å². The second-order valence-corrected chi connectivity index (χ2v) is 5.71. The lowest BCUT2D eigenvalue weighted by Crippen LogP contribution is -2.41. The van der Waals surface area contributed by atoms with Crippen molar-refractivity contribution >= 4 is 17.5 Å². The van der Waals surface area contributed by atoms with Crippen LogP contribution in [0.1, 0.15) is 5.56 Å². The number of hydrogen-bond acceptors (Lipinski definition) is 4. The van der Waals surface area contributed by atoms with Crippen LogP contribution >= 0.6 is 0 Å². The van der Waals surface area contributed by atoms with Crippen LogP contribution in [-0.2, 0) is 17.5 Å². The number of halogens is 3. The zero-order valence-corrected chi connectivity index (χ0v) is 13.2. The summed E-state index contributed by atoms with van der Waals surface area (Å²) >= 11 is 0. The molecule has 1 aliphatic rings. The molecule has 0 fully saturated rings.